The first-order valence-corrected chi connectivity index (χ1v) is 4.18. The van der Waals surface area contributed by atoms with Crippen LogP contribution in [0.25, 0.3) is 0 Å². The van der Waals surface area contributed by atoms with Crippen molar-refractivity contribution >= 4 is 5.78 Å². The van der Waals surface area contributed by atoms with Gasteiger partial charge >= 0.3 is 0 Å². The van der Waals surface area contributed by atoms with E-state index in [9.17, 15) is 4.79 Å². The number of likely N-dealkylation sites (tertiary alicyclic amines) is 1. The van der Waals surface area contributed by atoms with Gasteiger partial charge in [0.25, 0.3) is 0 Å². The average molecular weight is 155 g/mol. The molecule has 0 N–H and O–H groups in total. The molecule has 1 fully saturated rings. The number of hydrogen-bond acceptors (Lipinski definition) is 2. The second-order valence-corrected chi connectivity index (χ2v) is 4.09. The van der Waals surface area contributed by atoms with E-state index in [0.29, 0.717) is 5.78 Å². The van der Waals surface area contributed by atoms with Crippen molar-refractivity contribution in [3.8, 4) is 0 Å². The number of ketones is 1. The first-order valence-electron chi connectivity index (χ1n) is 4.18. The van der Waals surface area contributed by atoms with Crippen LogP contribution in [0.15, 0.2) is 0 Å². The Balaban J connectivity index is 2.71. The number of rotatable bonds is 1. The molecule has 0 aromatic carbocycles. The second-order valence-electron chi connectivity index (χ2n) is 4.09. The lowest BCUT2D eigenvalue weighted by Crippen LogP contribution is -2.42. The summed E-state index contributed by atoms with van der Waals surface area (Å²) in [4.78, 5) is 13.3. The molecule has 2 nitrogen and oxygen atoms in total. The van der Waals surface area contributed by atoms with Crippen molar-refractivity contribution in [3.05, 3.63) is 0 Å². The van der Waals surface area contributed by atoms with Crippen LogP contribution in [0.5, 0.6) is 0 Å². The number of Topliss-reactive ketones (excluding diaryl/α,β-unsaturated/α-hetero) is 1. The molecule has 2 heteroatoms. The van der Waals surface area contributed by atoms with Crippen molar-refractivity contribution in [2.24, 2.45) is 0 Å². The second kappa shape index (κ2) is 2.59. The molecule has 0 aliphatic carbocycles. The summed E-state index contributed by atoms with van der Waals surface area (Å²) in [6.45, 7) is 6.06. The third kappa shape index (κ3) is 1.45. The zero-order valence-electron chi connectivity index (χ0n) is 7.85. The Kier molecular flexibility index (Phi) is 2.06. The molecule has 1 saturated heterocycles. The quantitative estimate of drug-likeness (QED) is 0.571. The highest BCUT2D eigenvalue weighted by atomic mass is 16.1. The summed E-state index contributed by atoms with van der Waals surface area (Å²) in [6, 6.07) is 0.171. The van der Waals surface area contributed by atoms with Gasteiger partial charge in [-0.15, -0.1) is 0 Å². The van der Waals surface area contributed by atoms with Gasteiger partial charge in [0, 0.05) is 5.54 Å². The molecule has 11 heavy (non-hydrogen) atoms. The van der Waals surface area contributed by atoms with Gasteiger partial charge in [0.2, 0.25) is 0 Å². The van der Waals surface area contributed by atoms with Crippen LogP contribution in [0.1, 0.15) is 33.6 Å². The molecule has 0 spiro atoms. The van der Waals surface area contributed by atoms with Crippen molar-refractivity contribution in [2.75, 3.05) is 7.05 Å². The molecule has 0 unspecified atom stereocenters. The summed E-state index contributed by atoms with van der Waals surface area (Å²) in [5.74, 6) is 0.304. The Bertz CT molecular complexity index is 174. The van der Waals surface area contributed by atoms with E-state index in [1.54, 1.807) is 6.92 Å². The van der Waals surface area contributed by atoms with Crippen LogP contribution < -0.4 is 0 Å². The molecule has 1 rings (SSSR count). The maximum absolute atomic E-state index is 11.1. The van der Waals surface area contributed by atoms with Gasteiger partial charge in [0.05, 0.1) is 6.04 Å². The maximum Gasteiger partial charge on any atom is 0.146 e. The molecule has 0 amide bonds. The highest BCUT2D eigenvalue weighted by molar-refractivity contribution is 5.81. The summed E-state index contributed by atoms with van der Waals surface area (Å²) < 4.78 is 0. The number of carbonyl (C=O) groups excluding carboxylic acids is 1. The van der Waals surface area contributed by atoms with Crippen molar-refractivity contribution in [1.29, 1.82) is 0 Å². The number of carbonyl (C=O) groups is 1. The van der Waals surface area contributed by atoms with Gasteiger partial charge in [0.15, 0.2) is 0 Å². The van der Waals surface area contributed by atoms with Gasteiger partial charge in [-0.2, -0.15) is 0 Å². The van der Waals surface area contributed by atoms with E-state index in [1.807, 2.05) is 7.05 Å². The summed E-state index contributed by atoms with van der Waals surface area (Å²) in [6.07, 6.45) is 2.16. The van der Waals surface area contributed by atoms with E-state index in [0.717, 1.165) is 12.8 Å². The summed E-state index contributed by atoms with van der Waals surface area (Å²) in [7, 11) is 2.04. The van der Waals surface area contributed by atoms with Gasteiger partial charge in [-0.05, 0) is 40.7 Å². The average Bonchev–Trinajstić information content (AvgIpc) is 2.09. The Morgan fingerprint density at radius 3 is 2.27 bits per heavy atom. The lowest BCUT2D eigenvalue weighted by molar-refractivity contribution is -0.121. The van der Waals surface area contributed by atoms with E-state index in [4.69, 9.17) is 0 Å². The van der Waals surface area contributed by atoms with Gasteiger partial charge in [-0.25, -0.2) is 0 Å². The first kappa shape index (κ1) is 8.72. The van der Waals surface area contributed by atoms with E-state index >= 15 is 0 Å². The van der Waals surface area contributed by atoms with Crippen LogP contribution in [-0.4, -0.2) is 29.3 Å². The predicted molar refractivity (Wildman–Crippen MR) is 45.5 cm³/mol. The fraction of sp³-hybridized carbons (Fsp3) is 0.889. The van der Waals surface area contributed by atoms with Crippen molar-refractivity contribution in [2.45, 2.75) is 45.2 Å². The van der Waals surface area contributed by atoms with E-state index in [2.05, 4.69) is 18.7 Å². The molecule has 0 aromatic heterocycles. The van der Waals surface area contributed by atoms with Gasteiger partial charge in [0.1, 0.15) is 5.78 Å². The number of hydrogen-bond donors (Lipinski definition) is 0. The Hall–Kier alpha value is -0.370. The zero-order chi connectivity index (χ0) is 8.65. The fourth-order valence-corrected chi connectivity index (χ4v) is 1.76. The Labute approximate surface area is 68.6 Å². The predicted octanol–water partition coefficient (Wildman–Crippen LogP) is 1.45. The summed E-state index contributed by atoms with van der Waals surface area (Å²) >= 11 is 0. The lowest BCUT2D eigenvalue weighted by atomic mass is 10.0. The highest BCUT2D eigenvalue weighted by Gasteiger charge is 2.38. The van der Waals surface area contributed by atoms with Crippen LogP contribution >= 0.6 is 0 Å². The van der Waals surface area contributed by atoms with Crippen molar-refractivity contribution in [3.63, 3.8) is 0 Å². The molecular weight excluding hydrogens is 138 g/mol. The van der Waals surface area contributed by atoms with E-state index < -0.39 is 0 Å². The van der Waals surface area contributed by atoms with Crippen molar-refractivity contribution < 1.29 is 4.79 Å². The Morgan fingerprint density at radius 2 is 2.09 bits per heavy atom. The SMILES string of the molecule is CC(=O)[C@@H]1CCC(C)(C)N1C. The minimum atomic E-state index is 0.171. The standard InChI is InChI=1S/C9H17NO/c1-7(11)8-5-6-9(2,3)10(8)4/h8H,5-6H2,1-4H3/t8-/m0/s1. The normalized spacial score (nSPS) is 30.7. The van der Waals surface area contributed by atoms with Gasteiger partial charge in [-0.1, -0.05) is 0 Å². The van der Waals surface area contributed by atoms with Gasteiger partial charge < -0.3 is 0 Å². The molecule has 0 saturated carbocycles. The number of nitrogens with zero attached hydrogens (tertiary/aromatic N) is 1. The molecule has 64 valence electrons. The minimum Gasteiger partial charge on any atom is -0.298 e. The van der Waals surface area contributed by atoms with Crippen molar-refractivity contribution in [1.82, 2.24) is 4.90 Å². The highest BCUT2D eigenvalue weighted by Crippen LogP contribution is 2.31. The largest absolute Gasteiger partial charge is 0.298 e. The maximum atomic E-state index is 11.1. The molecule has 1 aliphatic heterocycles. The lowest BCUT2D eigenvalue weighted by Gasteiger charge is -2.30. The van der Waals surface area contributed by atoms with E-state index in [-0.39, 0.29) is 11.6 Å². The van der Waals surface area contributed by atoms with Crippen LogP contribution in [0.3, 0.4) is 0 Å². The topological polar surface area (TPSA) is 20.3 Å². The smallest absolute Gasteiger partial charge is 0.146 e. The summed E-state index contributed by atoms with van der Waals surface area (Å²) in [5, 5.41) is 0. The van der Waals surface area contributed by atoms with Crippen LogP contribution in [0.4, 0.5) is 0 Å². The molecule has 0 bridgehead atoms. The molecule has 1 aliphatic rings. The monoisotopic (exact) mass is 155 g/mol. The van der Waals surface area contributed by atoms with Gasteiger partial charge in [-0.3, -0.25) is 9.69 Å². The first-order chi connectivity index (χ1) is 4.95. The minimum absolute atomic E-state index is 0.171. The fourth-order valence-electron chi connectivity index (χ4n) is 1.76. The van der Waals surface area contributed by atoms with Crippen LogP contribution in [0, 0.1) is 0 Å². The Morgan fingerprint density at radius 1 is 1.55 bits per heavy atom. The molecule has 0 aromatic rings. The molecular formula is C9H17NO. The molecule has 1 heterocycles. The molecule has 1 atom stereocenters. The summed E-state index contributed by atoms with van der Waals surface area (Å²) in [5.41, 5.74) is 0.219. The third-order valence-electron chi connectivity index (χ3n) is 2.92. The third-order valence-corrected chi connectivity index (χ3v) is 2.92. The van der Waals surface area contributed by atoms with Crippen LogP contribution in [-0.2, 0) is 4.79 Å². The van der Waals surface area contributed by atoms with E-state index in [1.165, 1.54) is 0 Å². The number of likely N-dealkylation sites (N-methyl/N-ethyl adjacent to an activating group) is 1. The zero-order valence-corrected chi connectivity index (χ0v) is 7.85. The molecule has 0 radical (unpaired) electrons. The van der Waals surface area contributed by atoms with Crippen LogP contribution in [0.2, 0.25) is 0 Å².